The molecule has 31 heavy (non-hydrogen) atoms. The highest BCUT2D eigenvalue weighted by Gasteiger charge is 2.34. The molecule has 3 nitrogen and oxygen atoms in total. The Kier molecular flexibility index (Phi) is 8.02. The number of hydrogen-bond donors (Lipinski definition) is 0. The highest BCUT2D eigenvalue weighted by molar-refractivity contribution is 6.00. The van der Waals surface area contributed by atoms with E-state index in [4.69, 9.17) is 0 Å². The summed E-state index contributed by atoms with van der Waals surface area (Å²) < 4.78 is 0. The molecule has 0 bridgehead atoms. The van der Waals surface area contributed by atoms with E-state index in [1.807, 2.05) is 0 Å². The summed E-state index contributed by atoms with van der Waals surface area (Å²) in [5.74, 6) is 1.19. The number of benzene rings is 1. The summed E-state index contributed by atoms with van der Waals surface area (Å²) in [5.41, 5.74) is 4.65. The molecule has 1 aromatic rings. The van der Waals surface area contributed by atoms with Crippen molar-refractivity contribution in [3.63, 3.8) is 0 Å². The lowest BCUT2D eigenvalue weighted by molar-refractivity contribution is -0.129. The van der Waals surface area contributed by atoms with Gasteiger partial charge < -0.3 is 0 Å². The van der Waals surface area contributed by atoms with Gasteiger partial charge in [-0.15, -0.1) is 0 Å². The summed E-state index contributed by atoms with van der Waals surface area (Å²) in [6, 6.07) is 4.35. The van der Waals surface area contributed by atoms with Crippen LogP contribution in [0.2, 0.25) is 0 Å². The Morgan fingerprint density at radius 3 is 2.55 bits per heavy atom. The summed E-state index contributed by atoms with van der Waals surface area (Å²) in [7, 11) is 0. The van der Waals surface area contributed by atoms with E-state index in [0.717, 1.165) is 56.1 Å². The number of carbonyl (C=O) groups excluding carboxylic acids is 3. The molecule has 1 aromatic carbocycles. The van der Waals surface area contributed by atoms with Gasteiger partial charge in [0.2, 0.25) is 0 Å². The molecule has 0 fully saturated rings. The summed E-state index contributed by atoms with van der Waals surface area (Å²) >= 11 is 0. The van der Waals surface area contributed by atoms with Crippen LogP contribution in [0.1, 0.15) is 105 Å². The van der Waals surface area contributed by atoms with Crippen LogP contribution in [-0.4, -0.2) is 17.3 Å². The van der Waals surface area contributed by atoms with Crippen LogP contribution in [0.25, 0.3) is 0 Å². The minimum atomic E-state index is -0.0740. The summed E-state index contributed by atoms with van der Waals surface area (Å²) in [4.78, 5) is 37.5. The van der Waals surface area contributed by atoms with Gasteiger partial charge in [0.1, 0.15) is 11.6 Å². The van der Waals surface area contributed by atoms with Crippen molar-refractivity contribution in [3.8, 4) is 0 Å². The third kappa shape index (κ3) is 5.42. The normalized spacial score (nSPS) is 22.3. The second-order valence-corrected chi connectivity index (χ2v) is 9.78. The highest BCUT2D eigenvalue weighted by atomic mass is 16.1. The van der Waals surface area contributed by atoms with Crippen LogP contribution in [-0.2, 0) is 16.0 Å². The van der Waals surface area contributed by atoms with E-state index < -0.39 is 0 Å². The van der Waals surface area contributed by atoms with Gasteiger partial charge in [-0.1, -0.05) is 51.0 Å². The van der Waals surface area contributed by atoms with Gasteiger partial charge in [0, 0.05) is 23.8 Å². The number of rotatable bonds is 10. The van der Waals surface area contributed by atoms with Crippen molar-refractivity contribution in [2.24, 2.45) is 17.8 Å². The molecule has 0 amide bonds. The predicted octanol–water partition coefficient (Wildman–Crippen LogP) is 6.55. The molecule has 4 unspecified atom stereocenters. The van der Waals surface area contributed by atoms with E-state index in [1.165, 1.54) is 18.1 Å². The molecule has 0 saturated carbocycles. The maximum atomic E-state index is 13.2. The summed E-state index contributed by atoms with van der Waals surface area (Å²) in [6.07, 6.45) is 12.0. The number of ketones is 3. The minimum Gasteiger partial charge on any atom is -0.300 e. The molecule has 3 rings (SSSR count). The molecule has 0 aliphatic heterocycles. The Morgan fingerprint density at radius 1 is 1.16 bits per heavy atom. The molecule has 2 aliphatic carbocycles. The average molecular weight is 423 g/mol. The van der Waals surface area contributed by atoms with Crippen molar-refractivity contribution < 1.29 is 14.4 Å². The van der Waals surface area contributed by atoms with E-state index in [2.05, 4.69) is 45.1 Å². The van der Waals surface area contributed by atoms with Gasteiger partial charge in [-0.05, 0) is 74.5 Å². The van der Waals surface area contributed by atoms with Gasteiger partial charge in [0.15, 0.2) is 5.78 Å². The second-order valence-electron chi connectivity index (χ2n) is 9.78. The maximum absolute atomic E-state index is 13.2. The topological polar surface area (TPSA) is 51.2 Å². The number of allylic oxidation sites excluding steroid dienone is 2. The van der Waals surface area contributed by atoms with Crippen molar-refractivity contribution in [3.05, 3.63) is 46.5 Å². The van der Waals surface area contributed by atoms with Crippen molar-refractivity contribution in [2.45, 2.75) is 91.4 Å². The van der Waals surface area contributed by atoms with Crippen molar-refractivity contribution in [2.75, 3.05) is 0 Å². The second kappa shape index (κ2) is 10.5. The first kappa shape index (κ1) is 23.6. The van der Waals surface area contributed by atoms with Gasteiger partial charge in [0.25, 0.3) is 0 Å². The Morgan fingerprint density at radius 2 is 1.94 bits per heavy atom. The van der Waals surface area contributed by atoms with Crippen molar-refractivity contribution in [1.82, 2.24) is 0 Å². The fraction of sp³-hybridized carbons (Fsp3) is 0.607. The fourth-order valence-electron chi connectivity index (χ4n) is 6.00. The highest BCUT2D eigenvalue weighted by Crippen LogP contribution is 2.40. The van der Waals surface area contributed by atoms with Crippen LogP contribution in [0.3, 0.4) is 0 Å². The van der Waals surface area contributed by atoms with Gasteiger partial charge >= 0.3 is 0 Å². The molecule has 168 valence electrons. The monoisotopic (exact) mass is 422 g/mol. The first-order chi connectivity index (χ1) is 14.8. The molecule has 0 heterocycles. The van der Waals surface area contributed by atoms with Crippen LogP contribution in [0, 0.1) is 24.7 Å². The molecule has 0 saturated heterocycles. The lowest BCUT2D eigenvalue weighted by atomic mass is 9.70. The van der Waals surface area contributed by atoms with Gasteiger partial charge in [0.05, 0.1) is 6.42 Å². The lowest BCUT2D eigenvalue weighted by Gasteiger charge is -2.33. The van der Waals surface area contributed by atoms with Crippen LogP contribution in [0.15, 0.2) is 24.3 Å². The Hall–Kier alpha value is -2.03. The van der Waals surface area contributed by atoms with Gasteiger partial charge in [-0.2, -0.15) is 0 Å². The molecule has 0 aromatic heterocycles. The SMILES string of the molecule is CCCC(CC1CC(=O)c2c(C)ccc(C3C=CCC3)c2C1)C(CC)C(=O)CC(C)=O. The molecule has 4 atom stereocenters. The molecule has 0 radical (unpaired) electrons. The molecule has 2 aliphatic rings. The third-order valence-corrected chi connectivity index (χ3v) is 7.36. The standard InChI is InChI=1S/C28H38O3/c1-5-9-22(23(6-2)26(30)14-19(4)29)15-20-16-25-24(21-10-7-8-11-21)13-12-18(3)28(25)27(31)17-20/h7,10,12-13,20-23H,5-6,8-9,11,14-17H2,1-4H3. The maximum Gasteiger partial charge on any atom is 0.163 e. The molecule has 0 spiro atoms. The Bertz CT molecular complexity index is 863. The van der Waals surface area contributed by atoms with E-state index in [0.29, 0.717) is 12.3 Å². The van der Waals surface area contributed by atoms with Gasteiger partial charge in [-0.25, -0.2) is 0 Å². The lowest BCUT2D eigenvalue weighted by Crippen LogP contribution is -2.30. The molecular weight excluding hydrogens is 384 g/mol. The van der Waals surface area contributed by atoms with Crippen LogP contribution < -0.4 is 0 Å². The number of carbonyl (C=O) groups is 3. The van der Waals surface area contributed by atoms with Crippen molar-refractivity contribution in [1.29, 1.82) is 0 Å². The van der Waals surface area contributed by atoms with Gasteiger partial charge in [-0.3, -0.25) is 14.4 Å². The molecule has 3 heteroatoms. The zero-order valence-electron chi connectivity index (χ0n) is 19.7. The number of fused-ring (bicyclic) bond motifs is 1. The van der Waals surface area contributed by atoms with Crippen LogP contribution >= 0.6 is 0 Å². The molecule has 0 N–H and O–H groups in total. The number of aryl methyl sites for hydroxylation is 1. The number of Topliss-reactive ketones (excluding diaryl/α,β-unsaturated/α-hetero) is 3. The fourth-order valence-corrected chi connectivity index (χ4v) is 6.00. The van der Waals surface area contributed by atoms with Crippen LogP contribution in [0.5, 0.6) is 0 Å². The summed E-state index contributed by atoms with van der Waals surface area (Å²) in [5, 5.41) is 0. The van der Waals surface area contributed by atoms with E-state index in [-0.39, 0.29) is 41.5 Å². The Labute approximate surface area is 187 Å². The predicted molar refractivity (Wildman–Crippen MR) is 126 cm³/mol. The number of hydrogen-bond acceptors (Lipinski definition) is 3. The largest absolute Gasteiger partial charge is 0.300 e. The smallest absolute Gasteiger partial charge is 0.163 e. The van der Waals surface area contributed by atoms with Crippen molar-refractivity contribution >= 4 is 17.3 Å². The third-order valence-electron chi connectivity index (χ3n) is 7.36. The zero-order valence-corrected chi connectivity index (χ0v) is 19.7. The summed E-state index contributed by atoms with van der Waals surface area (Å²) in [6.45, 7) is 7.77. The first-order valence-electron chi connectivity index (χ1n) is 12.2. The quantitative estimate of drug-likeness (QED) is 0.317. The van der Waals surface area contributed by atoms with E-state index in [1.54, 1.807) is 0 Å². The zero-order chi connectivity index (χ0) is 22.5. The van der Waals surface area contributed by atoms with E-state index in [9.17, 15) is 14.4 Å². The average Bonchev–Trinajstić information content (AvgIpc) is 3.22. The van der Waals surface area contributed by atoms with Crippen LogP contribution in [0.4, 0.5) is 0 Å². The van der Waals surface area contributed by atoms with E-state index >= 15 is 0 Å². The minimum absolute atomic E-state index is 0.0442. The first-order valence-corrected chi connectivity index (χ1v) is 12.2. The molecular formula is C28H38O3. The Balaban J connectivity index is 1.85.